The van der Waals surface area contributed by atoms with Crippen molar-refractivity contribution in [2.24, 2.45) is 0 Å². The number of carbonyl (C=O) groups is 1. The molecule has 4 nitrogen and oxygen atoms in total. The van der Waals surface area contributed by atoms with E-state index >= 15 is 0 Å². The number of nitrogens with one attached hydrogen (secondary N) is 2. The van der Waals surface area contributed by atoms with Crippen molar-refractivity contribution in [2.45, 2.75) is 59.5 Å². The summed E-state index contributed by atoms with van der Waals surface area (Å²) in [6.45, 7) is 12.9. The van der Waals surface area contributed by atoms with Crippen molar-refractivity contribution in [3.8, 4) is 5.75 Å². The van der Waals surface area contributed by atoms with Crippen LogP contribution in [0.2, 0.25) is 0 Å². The van der Waals surface area contributed by atoms with Crippen LogP contribution in [0.5, 0.6) is 5.75 Å². The van der Waals surface area contributed by atoms with Crippen LogP contribution in [0.4, 0.5) is 4.79 Å². The highest BCUT2D eigenvalue weighted by atomic mass is 16.5. The molecule has 2 N–H and O–H groups in total. The smallest absolute Gasteiger partial charge is 0.315 e. The van der Waals surface area contributed by atoms with Crippen LogP contribution in [0.25, 0.3) is 0 Å². The van der Waals surface area contributed by atoms with Gasteiger partial charge in [0.2, 0.25) is 0 Å². The quantitative estimate of drug-likeness (QED) is 0.892. The number of ether oxygens (including phenoxy) is 1. The number of carbonyl (C=O) groups excluding carboxylic acids is 1. The van der Waals surface area contributed by atoms with Crippen LogP contribution in [0, 0.1) is 6.92 Å². The van der Waals surface area contributed by atoms with Crippen molar-refractivity contribution in [1.29, 1.82) is 0 Å². The number of rotatable bonds is 4. The van der Waals surface area contributed by atoms with Crippen molar-refractivity contribution < 1.29 is 9.53 Å². The summed E-state index contributed by atoms with van der Waals surface area (Å²) in [7, 11) is 1.68. The maximum Gasteiger partial charge on any atom is 0.315 e. The fraction of sp³-hybridized carbons (Fsp3) is 0.588. The minimum absolute atomic E-state index is 0.00763. The summed E-state index contributed by atoms with van der Waals surface area (Å²) in [6.07, 6.45) is 0. The standard InChI is InChI=1S/C17H28N2O2/c1-11(2)19-16(20)18-10-13-8-12(3)9-14(15(13)21-7)17(4,5)6/h8-9,11H,10H2,1-7H3,(H2,18,19,20). The van der Waals surface area contributed by atoms with Gasteiger partial charge in [-0.15, -0.1) is 0 Å². The van der Waals surface area contributed by atoms with Crippen LogP contribution < -0.4 is 15.4 Å². The zero-order chi connectivity index (χ0) is 16.2. The van der Waals surface area contributed by atoms with E-state index in [0.717, 1.165) is 16.9 Å². The molecular weight excluding hydrogens is 264 g/mol. The molecule has 0 saturated carbocycles. The summed E-state index contributed by atoms with van der Waals surface area (Å²) in [6, 6.07) is 4.17. The molecule has 118 valence electrons. The van der Waals surface area contributed by atoms with E-state index in [1.165, 1.54) is 5.56 Å². The summed E-state index contributed by atoms with van der Waals surface area (Å²) >= 11 is 0. The highest BCUT2D eigenvalue weighted by Gasteiger charge is 2.21. The number of aryl methyl sites for hydroxylation is 1. The molecule has 0 spiro atoms. The Labute approximate surface area is 128 Å². The van der Waals surface area contributed by atoms with Gasteiger partial charge in [0.25, 0.3) is 0 Å². The van der Waals surface area contributed by atoms with Gasteiger partial charge in [0.05, 0.1) is 7.11 Å². The van der Waals surface area contributed by atoms with Crippen LogP contribution >= 0.6 is 0 Å². The number of amides is 2. The Morgan fingerprint density at radius 1 is 1.29 bits per heavy atom. The van der Waals surface area contributed by atoms with E-state index in [1.807, 2.05) is 13.8 Å². The molecule has 0 unspecified atom stereocenters. The third-order valence-corrected chi connectivity index (χ3v) is 3.18. The predicted octanol–water partition coefficient (Wildman–Crippen LogP) is 3.51. The first-order chi connectivity index (χ1) is 9.65. The van der Waals surface area contributed by atoms with Crippen LogP contribution in [0.15, 0.2) is 12.1 Å². The molecule has 0 bridgehead atoms. The second kappa shape index (κ2) is 6.83. The fourth-order valence-electron chi connectivity index (χ4n) is 2.27. The molecule has 0 aliphatic heterocycles. The van der Waals surface area contributed by atoms with Gasteiger partial charge in [-0.05, 0) is 26.2 Å². The fourth-order valence-corrected chi connectivity index (χ4v) is 2.27. The molecule has 0 radical (unpaired) electrons. The van der Waals surface area contributed by atoms with E-state index in [9.17, 15) is 4.79 Å². The molecule has 0 heterocycles. The number of benzene rings is 1. The van der Waals surface area contributed by atoms with Crippen molar-refractivity contribution in [3.63, 3.8) is 0 Å². The zero-order valence-electron chi connectivity index (χ0n) is 14.3. The lowest BCUT2D eigenvalue weighted by Gasteiger charge is -2.25. The lowest BCUT2D eigenvalue weighted by Crippen LogP contribution is -2.39. The van der Waals surface area contributed by atoms with E-state index in [2.05, 4.69) is 50.5 Å². The van der Waals surface area contributed by atoms with E-state index < -0.39 is 0 Å². The van der Waals surface area contributed by atoms with Gasteiger partial charge in [-0.1, -0.05) is 38.5 Å². The first kappa shape index (κ1) is 17.3. The van der Waals surface area contributed by atoms with Gasteiger partial charge in [-0.25, -0.2) is 4.79 Å². The molecule has 0 aliphatic carbocycles. The summed E-state index contributed by atoms with van der Waals surface area (Å²) < 4.78 is 5.60. The molecule has 2 amide bonds. The van der Waals surface area contributed by atoms with Gasteiger partial charge in [-0.2, -0.15) is 0 Å². The molecule has 0 fully saturated rings. The van der Waals surface area contributed by atoms with Crippen LogP contribution in [0.3, 0.4) is 0 Å². The monoisotopic (exact) mass is 292 g/mol. The topological polar surface area (TPSA) is 50.4 Å². The van der Waals surface area contributed by atoms with E-state index in [1.54, 1.807) is 7.11 Å². The maximum absolute atomic E-state index is 11.7. The minimum atomic E-state index is -0.161. The Morgan fingerprint density at radius 2 is 1.90 bits per heavy atom. The van der Waals surface area contributed by atoms with E-state index in [4.69, 9.17) is 4.74 Å². The average molecular weight is 292 g/mol. The molecule has 0 atom stereocenters. The molecule has 1 aromatic rings. The van der Waals surface area contributed by atoms with Crippen molar-refractivity contribution >= 4 is 6.03 Å². The van der Waals surface area contributed by atoms with Crippen LogP contribution in [-0.2, 0) is 12.0 Å². The second-order valence-corrected chi connectivity index (χ2v) is 6.74. The molecule has 4 heteroatoms. The Kier molecular flexibility index (Phi) is 5.64. The number of hydrogen-bond donors (Lipinski definition) is 2. The van der Waals surface area contributed by atoms with Gasteiger partial charge in [0.15, 0.2) is 0 Å². The molecule has 1 rings (SSSR count). The van der Waals surface area contributed by atoms with Gasteiger partial charge in [0.1, 0.15) is 5.75 Å². The van der Waals surface area contributed by atoms with Gasteiger partial charge < -0.3 is 15.4 Å². The average Bonchev–Trinajstić information content (AvgIpc) is 2.33. The summed E-state index contributed by atoms with van der Waals surface area (Å²) in [5.41, 5.74) is 3.32. The molecule has 1 aromatic carbocycles. The Hall–Kier alpha value is -1.71. The lowest BCUT2D eigenvalue weighted by molar-refractivity contribution is 0.238. The first-order valence-corrected chi connectivity index (χ1v) is 7.37. The van der Waals surface area contributed by atoms with Crippen LogP contribution in [0.1, 0.15) is 51.3 Å². The zero-order valence-corrected chi connectivity index (χ0v) is 14.3. The van der Waals surface area contributed by atoms with E-state index in [-0.39, 0.29) is 17.5 Å². The summed E-state index contributed by atoms with van der Waals surface area (Å²) in [4.78, 5) is 11.7. The third kappa shape index (κ3) is 4.96. The first-order valence-electron chi connectivity index (χ1n) is 7.37. The summed E-state index contributed by atoms with van der Waals surface area (Å²) in [5.74, 6) is 0.859. The van der Waals surface area contributed by atoms with Crippen LogP contribution in [-0.4, -0.2) is 19.2 Å². The Bertz CT molecular complexity index is 502. The number of hydrogen-bond acceptors (Lipinski definition) is 2. The van der Waals surface area contributed by atoms with Gasteiger partial charge in [-0.3, -0.25) is 0 Å². The predicted molar refractivity (Wildman–Crippen MR) is 86.9 cm³/mol. The highest BCUT2D eigenvalue weighted by Crippen LogP contribution is 2.35. The third-order valence-electron chi connectivity index (χ3n) is 3.18. The maximum atomic E-state index is 11.7. The number of methoxy groups -OCH3 is 1. The normalized spacial score (nSPS) is 11.4. The van der Waals surface area contributed by atoms with Crippen molar-refractivity contribution in [1.82, 2.24) is 10.6 Å². The SMILES string of the molecule is COc1c(CNC(=O)NC(C)C)cc(C)cc1C(C)(C)C. The van der Waals surface area contributed by atoms with Gasteiger partial charge in [0, 0.05) is 23.7 Å². The van der Waals surface area contributed by atoms with Crippen molar-refractivity contribution in [2.75, 3.05) is 7.11 Å². The lowest BCUT2D eigenvalue weighted by atomic mass is 9.84. The van der Waals surface area contributed by atoms with Crippen molar-refractivity contribution in [3.05, 3.63) is 28.8 Å². The van der Waals surface area contributed by atoms with Gasteiger partial charge >= 0.3 is 6.03 Å². The highest BCUT2D eigenvalue weighted by molar-refractivity contribution is 5.74. The molecule has 0 saturated heterocycles. The molecule has 21 heavy (non-hydrogen) atoms. The second-order valence-electron chi connectivity index (χ2n) is 6.74. The Balaban J connectivity index is 3.02. The summed E-state index contributed by atoms with van der Waals surface area (Å²) in [5, 5.41) is 5.70. The molecule has 0 aromatic heterocycles. The Morgan fingerprint density at radius 3 is 2.38 bits per heavy atom. The van der Waals surface area contributed by atoms with E-state index in [0.29, 0.717) is 6.54 Å². The molecule has 0 aliphatic rings. The minimum Gasteiger partial charge on any atom is -0.496 e. The largest absolute Gasteiger partial charge is 0.496 e. The number of urea groups is 1. The molecular formula is C17H28N2O2.